The highest BCUT2D eigenvalue weighted by Crippen LogP contribution is 2.30. The summed E-state index contributed by atoms with van der Waals surface area (Å²) in [6.07, 6.45) is 1.64. The minimum Gasteiger partial charge on any atom is -0.336 e. The predicted octanol–water partition coefficient (Wildman–Crippen LogP) is 2.52. The van der Waals surface area contributed by atoms with E-state index in [2.05, 4.69) is 0 Å². The fourth-order valence-electron chi connectivity index (χ4n) is 1.99. The van der Waals surface area contributed by atoms with E-state index in [1.54, 1.807) is 6.92 Å². The second-order valence-corrected chi connectivity index (χ2v) is 7.06. The minimum absolute atomic E-state index is 0.0352. The van der Waals surface area contributed by atoms with E-state index in [1.165, 1.54) is 4.90 Å². The Hall–Kier alpha value is -1.21. The van der Waals surface area contributed by atoms with Crippen molar-refractivity contribution < 1.29 is 22.0 Å². The standard InChI is InChI=1S/C12H12ClF2NO3S/c1-2-16(7-3-4-7)12(17)8-5-11(20(13,18)19)10(15)6-9(8)14/h5-7H,2-4H2,1H3. The van der Waals surface area contributed by atoms with E-state index in [0.717, 1.165) is 12.8 Å². The molecule has 0 spiro atoms. The quantitative estimate of drug-likeness (QED) is 0.800. The molecule has 110 valence electrons. The SMILES string of the molecule is CCN(C(=O)c1cc(S(=O)(=O)Cl)c(F)cc1F)C1CC1. The summed E-state index contributed by atoms with van der Waals surface area (Å²) in [6.45, 7) is 2.10. The van der Waals surface area contributed by atoms with Crippen LogP contribution < -0.4 is 0 Å². The molecule has 0 unspecified atom stereocenters. The molecule has 1 fully saturated rings. The molecule has 2 rings (SSSR count). The van der Waals surface area contributed by atoms with E-state index >= 15 is 0 Å². The van der Waals surface area contributed by atoms with Crippen LogP contribution in [0.15, 0.2) is 17.0 Å². The van der Waals surface area contributed by atoms with E-state index in [4.69, 9.17) is 10.7 Å². The van der Waals surface area contributed by atoms with Crippen LogP contribution in [0.4, 0.5) is 8.78 Å². The molecule has 0 aromatic heterocycles. The van der Waals surface area contributed by atoms with E-state index in [9.17, 15) is 22.0 Å². The Morgan fingerprint density at radius 1 is 1.35 bits per heavy atom. The van der Waals surface area contributed by atoms with Crippen molar-refractivity contribution in [3.8, 4) is 0 Å². The van der Waals surface area contributed by atoms with Crippen LogP contribution in [-0.2, 0) is 9.05 Å². The number of rotatable bonds is 4. The van der Waals surface area contributed by atoms with Gasteiger partial charge in [0.2, 0.25) is 0 Å². The maximum atomic E-state index is 13.7. The van der Waals surface area contributed by atoms with Crippen molar-refractivity contribution in [2.75, 3.05) is 6.54 Å². The molecule has 1 amide bonds. The lowest BCUT2D eigenvalue weighted by Crippen LogP contribution is -2.33. The summed E-state index contributed by atoms with van der Waals surface area (Å²) < 4.78 is 49.5. The van der Waals surface area contributed by atoms with Crippen molar-refractivity contribution in [3.05, 3.63) is 29.3 Å². The topological polar surface area (TPSA) is 54.5 Å². The first-order valence-electron chi connectivity index (χ1n) is 6.00. The molecule has 0 saturated heterocycles. The van der Waals surface area contributed by atoms with Gasteiger partial charge in [0.25, 0.3) is 15.0 Å². The van der Waals surface area contributed by atoms with Gasteiger partial charge in [0, 0.05) is 29.3 Å². The molecule has 1 aromatic rings. The Bertz CT molecular complexity index is 659. The second-order valence-electron chi connectivity index (χ2n) is 4.52. The Morgan fingerprint density at radius 2 is 1.95 bits per heavy atom. The first-order valence-corrected chi connectivity index (χ1v) is 8.31. The van der Waals surface area contributed by atoms with Gasteiger partial charge in [-0.1, -0.05) is 0 Å². The zero-order valence-electron chi connectivity index (χ0n) is 10.6. The summed E-state index contributed by atoms with van der Waals surface area (Å²) in [5.74, 6) is -3.08. The van der Waals surface area contributed by atoms with Crippen LogP contribution in [-0.4, -0.2) is 31.8 Å². The van der Waals surface area contributed by atoms with E-state index in [-0.39, 0.29) is 6.04 Å². The van der Waals surface area contributed by atoms with Gasteiger partial charge >= 0.3 is 0 Å². The third kappa shape index (κ3) is 2.93. The fraction of sp³-hybridized carbons (Fsp3) is 0.417. The van der Waals surface area contributed by atoms with Crippen molar-refractivity contribution in [3.63, 3.8) is 0 Å². The maximum absolute atomic E-state index is 13.7. The number of halogens is 3. The highest BCUT2D eigenvalue weighted by molar-refractivity contribution is 8.13. The molecule has 4 nitrogen and oxygen atoms in total. The largest absolute Gasteiger partial charge is 0.336 e. The Labute approximate surface area is 119 Å². The van der Waals surface area contributed by atoms with Gasteiger partial charge in [0.15, 0.2) is 0 Å². The molecule has 8 heteroatoms. The van der Waals surface area contributed by atoms with Crippen molar-refractivity contribution in [1.82, 2.24) is 4.90 Å². The summed E-state index contributed by atoms with van der Waals surface area (Å²) >= 11 is 0. The van der Waals surface area contributed by atoms with Crippen LogP contribution in [0, 0.1) is 11.6 Å². The number of hydrogen-bond donors (Lipinski definition) is 0. The Morgan fingerprint density at radius 3 is 2.40 bits per heavy atom. The highest BCUT2D eigenvalue weighted by Gasteiger charge is 2.34. The smallest absolute Gasteiger partial charge is 0.264 e. The van der Waals surface area contributed by atoms with Gasteiger partial charge in [0.05, 0.1) is 5.56 Å². The third-order valence-electron chi connectivity index (χ3n) is 3.10. The molecular weight excluding hydrogens is 312 g/mol. The number of hydrogen-bond acceptors (Lipinski definition) is 3. The summed E-state index contributed by atoms with van der Waals surface area (Å²) in [5.41, 5.74) is -0.487. The molecule has 1 aromatic carbocycles. The molecule has 1 aliphatic rings. The van der Waals surface area contributed by atoms with Crippen molar-refractivity contribution in [1.29, 1.82) is 0 Å². The number of carbonyl (C=O) groups is 1. The van der Waals surface area contributed by atoms with Crippen LogP contribution in [0.2, 0.25) is 0 Å². The molecule has 0 atom stereocenters. The number of benzene rings is 1. The molecule has 1 saturated carbocycles. The van der Waals surface area contributed by atoms with E-state index in [0.29, 0.717) is 18.7 Å². The maximum Gasteiger partial charge on any atom is 0.264 e. The Balaban J connectivity index is 2.48. The minimum atomic E-state index is -4.38. The molecule has 1 aliphatic carbocycles. The predicted molar refractivity (Wildman–Crippen MR) is 69.1 cm³/mol. The van der Waals surface area contributed by atoms with Crippen LogP contribution in [0.5, 0.6) is 0 Å². The van der Waals surface area contributed by atoms with E-state index < -0.39 is 37.1 Å². The molecule has 0 bridgehead atoms. The van der Waals surface area contributed by atoms with Crippen LogP contribution >= 0.6 is 10.7 Å². The van der Waals surface area contributed by atoms with Gasteiger partial charge in [-0.25, -0.2) is 17.2 Å². The van der Waals surface area contributed by atoms with Gasteiger partial charge in [-0.15, -0.1) is 0 Å². The zero-order valence-corrected chi connectivity index (χ0v) is 12.1. The summed E-state index contributed by atoms with van der Waals surface area (Å²) in [6, 6.07) is 1.05. The zero-order chi connectivity index (χ0) is 15.1. The lowest BCUT2D eigenvalue weighted by molar-refractivity contribution is 0.0747. The van der Waals surface area contributed by atoms with Gasteiger partial charge in [-0.3, -0.25) is 4.79 Å². The fourth-order valence-corrected chi connectivity index (χ4v) is 2.89. The molecule has 20 heavy (non-hydrogen) atoms. The first-order chi connectivity index (χ1) is 9.25. The second kappa shape index (κ2) is 5.29. The third-order valence-corrected chi connectivity index (χ3v) is 4.44. The molecule has 0 aliphatic heterocycles. The lowest BCUT2D eigenvalue weighted by Gasteiger charge is -2.20. The summed E-state index contributed by atoms with van der Waals surface area (Å²) in [4.78, 5) is 12.7. The number of nitrogens with zero attached hydrogens (tertiary/aromatic N) is 1. The average molecular weight is 324 g/mol. The van der Waals surface area contributed by atoms with Gasteiger partial charge in [-0.05, 0) is 25.8 Å². The van der Waals surface area contributed by atoms with Crippen molar-refractivity contribution >= 4 is 25.6 Å². The molecular formula is C12H12ClF2NO3S. The highest BCUT2D eigenvalue weighted by atomic mass is 35.7. The monoisotopic (exact) mass is 323 g/mol. The Kier molecular flexibility index (Phi) is 4.02. The van der Waals surface area contributed by atoms with Gasteiger partial charge in [0.1, 0.15) is 16.5 Å². The van der Waals surface area contributed by atoms with E-state index in [1.807, 2.05) is 0 Å². The summed E-state index contributed by atoms with van der Waals surface area (Å²) in [5, 5.41) is 0. The average Bonchev–Trinajstić information content (AvgIpc) is 3.12. The van der Waals surface area contributed by atoms with Crippen LogP contribution in [0.25, 0.3) is 0 Å². The van der Waals surface area contributed by atoms with Crippen molar-refractivity contribution in [2.45, 2.75) is 30.7 Å². The molecule has 0 radical (unpaired) electrons. The normalized spacial score (nSPS) is 15.2. The lowest BCUT2D eigenvalue weighted by atomic mass is 10.1. The van der Waals surface area contributed by atoms with Crippen LogP contribution in [0.3, 0.4) is 0 Å². The van der Waals surface area contributed by atoms with Crippen LogP contribution in [0.1, 0.15) is 30.1 Å². The number of amides is 1. The van der Waals surface area contributed by atoms with Gasteiger partial charge < -0.3 is 4.90 Å². The number of carbonyl (C=O) groups excluding carboxylic acids is 1. The molecule has 0 N–H and O–H groups in total. The van der Waals surface area contributed by atoms with Crippen molar-refractivity contribution in [2.24, 2.45) is 0 Å². The van der Waals surface area contributed by atoms with Gasteiger partial charge in [-0.2, -0.15) is 0 Å². The molecule has 0 heterocycles. The summed E-state index contributed by atoms with van der Waals surface area (Å²) in [7, 11) is 0.683. The first kappa shape index (κ1) is 15.2.